The number of aryl methyl sites for hydroxylation is 1. The molecule has 18 heavy (non-hydrogen) atoms. The molecule has 96 valence electrons. The minimum Gasteiger partial charge on any atom is -0.463 e. The number of fused-ring (bicyclic) bond motifs is 1. The average molecular weight is 250 g/mol. The third-order valence-corrected chi connectivity index (χ3v) is 2.47. The average Bonchev–Trinajstić information content (AvgIpc) is 2.87. The van der Waals surface area contributed by atoms with E-state index in [0.717, 1.165) is 23.2 Å². The number of hydrogen-bond acceptors (Lipinski definition) is 5. The van der Waals surface area contributed by atoms with Crippen molar-refractivity contribution < 1.29 is 18.8 Å². The van der Waals surface area contributed by atoms with Crippen LogP contribution in [-0.4, -0.2) is 22.7 Å². The number of carbonyl (C=O) groups excluding carboxylic acids is 3. The van der Waals surface area contributed by atoms with Crippen LogP contribution < -0.4 is 5.73 Å². The maximum Gasteiger partial charge on any atom is 0.373 e. The summed E-state index contributed by atoms with van der Waals surface area (Å²) in [5.74, 6) is -0.0942. The minimum atomic E-state index is -0.499. The van der Waals surface area contributed by atoms with Crippen molar-refractivity contribution in [3.63, 3.8) is 0 Å². The molecule has 0 aliphatic rings. The number of nitrogens with zero attached hydrogens (tertiary/aromatic N) is 1. The van der Waals surface area contributed by atoms with E-state index >= 15 is 0 Å². The summed E-state index contributed by atoms with van der Waals surface area (Å²) >= 11 is 0. The molecule has 0 amide bonds. The number of carbonyl (C=O) groups is 1. The van der Waals surface area contributed by atoms with Crippen molar-refractivity contribution in [1.82, 2.24) is 4.57 Å². The highest BCUT2D eigenvalue weighted by molar-refractivity contribution is 5.94. The fourth-order valence-electron chi connectivity index (χ4n) is 1.70. The summed E-state index contributed by atoms with van der Waals surface area (Å²) in [6.07, 6.45) is 2.61. The van der Waals surface area contributed by atoms with Crippen LogP contribution in [0.4, 0.5) is 0 Å². The molecule has 0 radical (unpaired) electrons. The highest BCUT2D eigenvalue weighted by atomic mass is 16.3. The van der Waals surface area contributed by atoms with Gasteiger partial charge in [0.25, 0.3) is 0 Å². The van der Waals surface area contributed by atoms with E-state index in [-0.39, 0.29) is 12.1 Å². The van der Waals surface area contributed by atoms with Gasteiger partial charge in [-0.3, -0.25) is 9.36 Å². The second-order valence-electron chi connectivity index (χ2n) is 3.70. The molecule has 2 aromatic heterocycles. The van der Waals surface area contributed by atoms with Crippen LogP contribution in [0.5, 0.6) is 0 Å². The molecule has 0 unspecified atom stereocenters. The van der Waals surface area contributed by atoms with Crippen molar-refractivity contribution in [1.29, 1.82) is 0 Å². The first-order chi connectivity index (χ1) is 8.56. The first kappa shape index (κ1) is 13.9. The van der Waals surface area contributed by atoms with Gasteiger partial charge in [-0.05, 0) is 13.3 Å². The molecule has 2 rings (SSSR count). The zero-order chi connectivity index (χ0) is 13.7. The van der Waals surface area contributed by atoms with E-state index < -0.39 is 6.04 Å². The molecule has 2 aromatic rings. The lowest BCUT2D eigenvalue weighted by molar-refractivity contribution is -0.191. The maximum absolute atomic E-state index is 11.9. The summed E-state index contributed by atoms with van der Waals surface area (Å²) in [4.78, 5) is 28.1. The van der Waals surface area contributed by atoms with Gasteiger partial charge >= 0.3 is 6.15 Å². The lowest BCUT2D eigenvalue weighted by Gasteiger charge is -2.09. The highest BCUT2D eigenvalue weighted by Gasteiger charge is 2.18. The zero-order valence-electron chi connectivity index (χ0n) is 10.2. The third-order valence-electron chi connectivity index (χ3n) is 2.47. The third kappa shape index (κ3) is 2.56. The summed E-state index contributed by atoms with van der Waals surface area (Å²) in [5, 5.41) is 0. The largest absolute Gasteiger partial charge is 0.463 e. The molecule has 0 saturated heterocycles. The van der Waals surface area contributed by atoms with E-state index in [4.69, 9.17) is 19.7 Å². The van der Waals surface area contributed by atoms with Crippen molar-refractivity contribution in [3.05, 3.63) is 24.1 Å². The number of rotatable bonds is 2. The van der Waals surface area contributed by atoms with Gasteiger partial charge < -0.3 is 10.2 Å². The van der Waals surface area contributed by atoms with Crippen molar-refractivity contribution in [2.75, 3.05) is 0 Å². The second-order valence-corrected chi connectivity index (χ2v) is 3.70. The van der Waals surface area contributed by atoms with Crippen molar-refractivity contribution in [3.8, 4) is 0 Å². The van der Waals surface area contributed by atoms with Gasteiger partial charge in [0.15, 0.2) is 5.58 Å². The number of nitrogens with two attached hydrogens (primary N) is 1. The molecule has 0 spiro atoms. The van der Waals surface area contributed by atoms with E-state index in [1.807, 2.05) is 13.0 Å². The molecule has 6 heteroatoms. The SMILES string of the molecule is CCc1cc2occc2n1C(=O)[C@H](C)N.O=C=O. The summed E-state index contributed by atoms with van der Waals surface area (Å²) in [7, 11) is 0. The number of aromatic nitrogens is 1. The Bertz CT molecular complexity index is 574. The monoisotopic (exact) mass is 250 g/mol. The Morgan fingerprint density at radius 2 is 2.17 bits per heavy atom. The van der Waals surface area contributed by atoms with Crippen LogP contribution >= 0.6 is 0 Å². The molecule has 0 aromatic carbocycles. The predicted octanol–water partition coefficient (Wildman–Crippen LogP) is 1.20. The summed E-state index contributed by atoms with van der Waals surface area (Å²) in [5.41, 5.74) is 8.08. The number of hydrogen-bond donors (Lipinski definition) is 1. The summed E-state index contributed by atoms with van der Waals surface area (Å²) in [6.45, 7) is 3.69. The van der Waals surface area contributed by atoms with Gasteiger partial charge in [0, 0.05) is 17.8 Å². The predicted molar refractivity (Wildman–Crippen MR) is 62.9 cm³/mol. The van der Waals surface area contributed by atoms with Crippen LogP contribution in [0.2, 0.25) is 0 Å². The van der Waals surface area contributed by atoms with Crippen molar-refractivity contribution >= 4 is 23.2 Å². The lowest BCUT2D eigenvalue weighted by atomic mass is 10.3. The molecule has 2 heterocycles. The van der Waals surface area contributed by atoms with Gasteiger partial charge in [-0.1, -0.05) is 6.92 Å². The van der Waals surface area contributed by atoms with Crippen LogP contribution in [-0.2, 0) is 16.0 Å². The minimum absolute atomic E-state index is 0.0942. The Labute approximate surface area is 103 Å². The van der Waals surface area contributed by atoms with E-state index in [1.54, 1.807) is 23.8 Å². The fourth-order valence-corrected chi connectivity index (χ4v) is 1.70. The molecule has 0 aliphatic heterocycles. The van der Waals surface area contributed by atoms with Crippen LogP contribution in [0.25, 0.3) is 11.1 Å². The van der Waals surface area contributed by atoms with Gasteiger partial charge in [0.1, 0.15) is 0 Å². The Kier molecular flexibility index (Phi) is 4.59. The molecule has 0 aliphatic carbocycles. The molecule has 1 atom stereocenters. The van der Waals surface area contributed by atoms with Gasteiger partial charge in [-0.15, -0.1) is 0 Å². The van der Waals surface area contributed by atoms with Gasteiger partial charge in [0.05, 0.1) is 17.8 Å². The van der Waals surface area contributed by atoms with Crippen molar-refractivity contribution in [2.45, 2.75) is 26.3 Å². The topological polar surface area (TPSA) is 95.3 Å². The highest BCUT2D eigenvalue weighted by Crippen LogP contribution is 2.21. The maximum atomic E-state index is 11.9. The summed E-state index contributed by atoms with van der Waals surface area (Å²) < 4.78 is 6.90. The van der Waals surface area contributed by atoms with Gasteiger partial charge in [-0.25, -0.2) is 0 Å². The van der Waals surface area contributed by atoms with Gasteiger partial charge in [-0.2, -0.15) is 9.59 Å². The molecule has 2 N–H and O–H groups in total. The van der Waals surface area contributed by atoms with Gasteiger partial charge in [0.2, 0.25) is 5.91 Å². The van der Waals surface area contributed by atoms with Crippen molar-refractivity contribution in [2.24, 2.45) is 5.73 Å². The smallest absolute Gasteiger partial charge is 0.373 e. The molecule has 0 saturated carbocycles. The van der Waals surface area contributed by atoms with Crippen LogP contribution in [0, 0.1) is 0 Å². The Morgan fingerprint density at radius 3 is 2.67 bits per heavy atom. The quantitative estimate of drug-likeness (QED) is 0.864. The first-order valence-electron chi connectivity index (χ1n) is 5.43. The fraction of sp³-hybridized carbons (Fsp3) is 0.333. The van der Waals surface area contributed by atoms with Crippen LogP contribution in [0.1, 0.15) is 24.3 Å². The molecular formula is C12H14N2O4. The molecule has 0 fully saturated rings. The summed E-state index contributed by atoms with van der Waals surface area (Å²) in [6, 6.07) is 3.17. The van der Waals surface area contributed by atoms with E-state index in [0.29, 0.717) is 0 Å². The lowest BCUT2D eigenvalue weighted by Crippen LogP contribution is -2.32. The second kappa shape index (κ2) is 5.95. The Hall–Kier alpha value is -2.17. The Balaban J connectivity index is 0.000000492. The standard InChI is InChI=1S/C11H14N2O2.CO2/c1-3-8-6-10-9(4-5-15-10)13(8)11(14)7(2)12;2-1-3/h4-7H,3,12H2,1-2H3;/t7-;/m0./s1. The van der Waals surface area contributed by atoms with Crippen LogP contribution in [0.15, 0.2) is 22.8 Å². The van der Waals surface area contributed by atoms with E-state index in [9.17, 15) is 4.79 Å². The van der Waals surface area contributed by atoms with Crippen LogP contribution in [0.3, 0.4) is 0 Å². The molecule has 6 nitrogen and oxygen atoms in total. The molecule has 0 bridgehead atoms. The zero-order valence-corrected chi connectivity index (χ0v) is 10.2. The number of furan rings is 1. The van der Waals surface area contributed by atoms with E-state index in [2.05, 4.69) is 0 Å². The normalized spacial score (nSPS) is 11.5. The molecular weight excluding hydrogens is 236 g/mol. The first-order valence-corrected chi connectivity index (χ1v) is 5.43. The Morgan fingerprint density at radius 1 is 1.56 bits per heavy atom. The van der Waals surface area contributed by atoms with E-state index in [1.165, 1.54) is 0 Å².